The van der Waals surface area contributed by atoms with Gasteiger partial charge in [-0.05, 0) is 51.5 Å². The number of esters is 1. The Morgan fingerprint density at radius 1 is 1.23 bits per heavy atom. The standard InChI is InChI=1S/C17H22FNO3/c1-12(2)19(13(3)4)16(20)11-22-17(21)9-8-14-6-5-7-15(18)10-14/h5-10,12-13H,11H2,1-4H3/b9-8+. The van der Waals surface area contributed by atoms with E-state index in [2.05, 4.69) is 0 Å². The second-order valence-corrected chi connectivity index (χ2v) is 5.48. The quantitative estimate of drug-likeness (QED) is 0.599. The van der Waals surface area contributed by atoms with Gasteiger partial charge in [0.15, 0.2) is 6.61 Å². The zero-order valence-corrected chi connectivity index (χ0v) is 13.4. The predicted octanol–water partition coefficient (Wildman–Crippen LogP) is 3.03. The Kier molecular flexibility index (Phi) is 6.76. The summed E-state index contributed by atoms with van der Waals surface area (Å²) in [6, 6.07) is 5.90. The molecule has 5 heteroatoms. The number of carbonyl (C=O) groups is 2. The van der Waals surface area contributed by atoms with Gasteiger partial charge in [0.1, 0.15) is 5.82 Å². The fourth-order valence-corrected chi connectivity index (χ4v) is 2.20. The normalized spacial score (nSPS) is 11.2. The van der Waals surface area contributed by atoms with E-state index in [1.54, 1.807) is 17.0 Å². The van der Waals surface area contributed by atoms with Crippen molar-refractivity contribution in [1.82, 2.24) is 4.90 Å². The summed E-state index contributed by atoms with van der Waals surface area (Å²) in [5, 5.41) is 0. The molecule has 1 aromatic carbocycles. The zero-order valence-electron chi connectivity index (χ0n) is 13.4. The van der Waals surface area contributed by atoms with Crippen LogP contribution in [0.4, 0.5) is 4.39 Å². The van der Waals surface area contributed by atoms with E-state index in [9.17, 15) is 14.0 Å². The van der Waals surface area contributed by atoms with Crippen LogP contribution in [0.25, 0.3) is 6.08 Å². The molecular weight excluding hydrogens is 285 g/mol. The maximum atomic E-state index is 13.0. The van der Waals surface area contributed by atoms with Gasteiger partial charge >= 0.3 is 5.97 Å². The lowest BCUT2D eigenvalue weighted by atomic mass is 10.2. The highest BCUT2D eigenvalue weighted by Crippen LogP contribution is 2.07. The summed E-state index contributed by atoms with van der Waals surface area (Å²) in [6.07, 6.45) is 2.62. The Balaban J connectivity index is 2.54. The molecular formula is C17H22FNO3. The number of ether oxygens (including phenoxy) is 1. The van der Waals surface area contributed by atoms with Crippen molar-refractivity contribution in [1.29, 1.82) is 0 Å². The van der Waals surface area contributed by atoms with Crippen LogP contribution >= 0.6 is 0 Å². The summed E-state index contributed by atoms with van der Waals surface area (Å²) in [5.74, 6) is -1.25. The fraction of sp³-hybridized carbons (Fsp3) is 0.412. The summed E-state index contributed by atoms with van der Waals surface area (Å²) < 4.78 is 17.9. The molecule has 1 rings (SSSR count). The topological polar surface area (TPSA) is 46.6 Å². The molecule has 120 valence electrons. The molecule has 0 unspecified atom stereocenters. The van der Waals surface area contributed by atoms with Crippen molar-refractivity contribution in [2.24, 2.45) is 0 Å². The fourth-order valence-electron chi connectivity index (χ4n) is 2.20. The lowest BCUT2D eigenvalue weighted by Gasteiger charge is -2.30. The Bertz CT molecular complexity index is 545. The number of carbonyl (C=O) groups excluding carboxylic acids is 2. The predicted molar refractivity (Wildman–Crippen MR) is 83.5 cm³/mol. The van der Waals surface area contributed by atoms with Crippen molar-refractivity contribution in [3.63, 3.8) is 0 Å². The second-order valence-electron chi connectivity index (χ2n) is 5.48. The molecule has 0 saturated heterocycles. The molecule has 0 N–H and O–H groups in total. The van der Waals surface area contributed by atoms with Gasteiger partial charge in [0.25, 0.3) is 5.91 Å². The van der Waals surface area contributed by atoms with E-state index < -0.39 is 5.97 Å². The Morgan fingerprint density at radius 3 is 2.41 bits per heavy atom. The first-order valence-electron chi connectivity index (χ1n) is 7.23. The van der Waals surface area contributed by atoms with E-state index >= 15 is 0 Å². The summed E-state index contributed by atoms with van der Waals surface area (Å²) in [5.41, 5.74) is 0.550. The number of halogens is 1. The van der Waals surface area contributed by atoms with Crippen molar-refractivity contribution in [2.75, 3.05) is 6.61 Å². The molecule has 0 heterocycles. The van der Waals surface area contributed by atoms with Gasteiger partial charge < -0.3 is 9.64 Å². The van der Waals surface area contributed by atoms with Crippen molar-refractivity contribution in [3.05, 3.63) is 41.7 Å². The SMILES string of the molecule is CC(C)N(C(=O)COC(=O)/C=C/c1cccc(F)c1)C(C)C. The average molecular weight is 307 g/mol. The third kappa shape index (κ3) is 5.68. The molecule has 0 radical (unpaired) electrons. The van der Waals surface area contributed by atoms with Crippen LogP contribution in [0, 0.1) is 5.82 Å². The largest absolute Gasteiger partial charge is 0.452 e. The number of amides is 1. The van der Waals surface area contributed by atoms with Crippen molar-refractivity contribution in [2.45, 2.75) is 39.8 Å². The van der Waals surface area contributed by atoms with Gasteiger partial charge in [-0.2, -0.15) is 0 Å². The van der Waals surface area contributed by atoms with Crippen molar-refractivity contribution < 1.29 is 18.7 Å². The second kappa shape index (κ2) is 8.32. The monoisotopic (exact) mass is 307 g/mol. The maximum absolute atomic E-state index is 13.0. The minimum atomic E-state index is -0.634. The number of nitrogens with zero attached hydrogens (tertiary/aromatic N) is 1. The van der Waals surface area contributed by atoms with Gasteiger partial charge in [-0.3, -0.25) is 4.79 Å². The lowest BCUT2D eigenvalue weighted by Crippen LogP contribution is -2.44. The van der Waals surface area contributed by atoms with Crippen LogP contribution < -0.4 is 0 Å². The zero-order chi connectivity index (χ0) is 16.7. The summed E-state index contributed by atoms with van der Waals surface area (Å²) in [7, 11) is 0. The number of benzene rings is 1. The smallest absolute Gasteiger partial charge is 0.331 e. The van der Waals surface area contributed by atoms with Gasteiger partial charge in [-0.15, -0.1) is 0 Å². The van der Waals surface area contributed by atoms with Crippen LogP contribution in [-0.2, 0) is 14.3 Å². The number of hydrogen-bond donors (Lipinski definition) is 0. The molecule has 0 atom stereocenters. The molecule has 0 spiro atoms. The average Bonchev–Trinajstić information content (AvgIpc) is 2.42. The Hall–Kier alpha value is -2.17. The van der Waals surface area contributed by atoms with Crippen LogP contribution in [0.5, 0.6) is 0 Å². The number of hydrogen-bond acceptors (Lipinski definition) is 3. The molecule has 0 bridgehead atoms. The Morgan fingerprint density at radius 2 is 1.86 bits per heavy atom. The van der Waals surface area contributed by atoms with E-state index in [-0.39, 0.29) is 30.4 Å². The molecule has 0 aliphatic heterocycles. The van der Waals surface area contributed by atoms with Gasteiger partial charge in [0.2, 0.25) is 0 Å². The minimum Gasteiger partial charge on any atom is -0.452 e. The maximum Gasteiger partial charge on any atom is 0.331 e. The van der Waals surface area contributed by atoms with E-state index in [0.29, 0.717) is 5.56 Å². The first kappa shape index (κ1) is 17.9. The molecule has 22 heavy (non-hydrogen) atoms. The molecule has 0 saturated carbocycles. The van der Waals surface area contributed by atoms with E-state index in [4.69, 9.17) is 4.74 Å². The molecule has 4 nitrogen and oxygen atoms in total. The third-order valence-electron chi connectivity index (χ3n) is 3.00. The molecule has 0 aliphatic carbocycles. The third-order valence-corrected chi connectivity index (χ3v) is 3.00. The van der Waals surface area contributed by atoms with Gasteiger partial charge in [0.05, 0.1) is 0 Å². The highest BCUT2D eigenvalue weighted by molar-refractivity contribution is 5.89. The molecule has 0 fully saturated rings. The molecule has 1 amide bonds. The first-order chi connectivity index (χ1) is 10.3. The van der Waals surface area contributed by atoms with Gasteiger partial charge in [-0.1, -0.05) is 12.1 Å². The van der Waals surface area contributed by atoms with Crippen molar-refractivity contribution in [3.8, 4) is 0 Å². The van der Waals surface area contributed by atoms with Gasteiger partial charge in [0, 0.05) is 18.2 Å². The lowest BCUT2D eigenvalue weighted by molar-refractivity contribution is -0.150. The van der Waals surface area contributed by atoms with Crippen LogP contribution in [0.1, 0.15) is 33.3 Å². The van der Waals surface area contributed by atoms with Crippen LogP contribution in [0.15, 0.2) is 30.3 Å². The summed E-state index contributed by atoms with van der Waals surface area (Å²) in [6.45, 7) is 7.32. The summed E-state index contributed by atoms with van der Waals surface area (Å²) >= 11 is 0. The highest BCUT2D eigenvalue weighted by atomic mass is 19.1. The van der Waals surface area contributed by atoms with E-state index in [0.717, 1.165) is 0 Å². The number of rotatable bonds is 6. The molecule has 0 aliphatic rings. The molecule has 1 aromatic rings. The highest BCUT2D eigenvalue weighted by Gasteiger charge is 2.20. The first-order valence-corrected chi connectivity index (χ1v) is 7.23. The summed E-state index contributed by atoms with van der Waals surface area (Å²) in [4.78, 5) is 25.3. The van der Waals surface area contributed by atoms with Gasteiger partial charge in [-0.25, -0.2) is 9.18 Å². The molecule has 0 aromatic heterocycles. The van der Waals surface area contributed by atoms with Crippen molar-refractivity contribution >= 4 is 18.0 Å². The van der Waals surface area contributed by atoms with E-state index in [1.807, 2.05) is 27.7 Å². The van der Waals surface area contributed by atoms with E-state index in [1.165, 1.54) is 24.3 Å². The van der Waals surface area contributed by atoms with Crippen LogP contribution in [0.3, 0.4) is 0 Å². The Labute approximate surface area is 130 Å². The van der Waals surface area contributed by atoms with Crippen LogP contribution in [-0.4, -0.2) is 35.5 Å². The van der Waals surface area contributed by atoms with Crippen LogP contribution in [0.2, 0.25) is 0 Å². The minimum absolute atomic E-state index is 0.0361.